The van der Waals surface area contributed by atoms with E-state index in [1.165, 1.54) is 0 Å². The minimum atomic E-state index is 0.456. The van der Waals surface area contributed by atoms with Crippen LogP contribution in [0.15, 0.2) is 0 Å². The molecule has 1 rings (SSSR count). The first-order valence-corrected chi connectivity index (χ1v) is 6.32. The number of rotatable bonds is 4. The molecular formula is C9H12Cl2N2S. The van der Waals surface area contributed by atoms with Gasteiger partial charge in [-0.3, -0.25) is 0 Å². The van der Waals surface area contributed by atoms with Crippen LogP contribution in [0.3, 0.4) is 0 Å². The highest BCUT2D eigenvalue weighted by Crippen LogP contribution is 2.21. The summed E-state index contributed by atoms with van der Waals surface area (Å²) in [7, 11) is 0. The number of aromatic nitrogens is 2. The Morgan fingerprint density at radius 3 is 2.29 bits per heavy atom. The molecule has 2 nitrogen and oxygen atoms in total. The zero-order chi connectivity index (χ0) is 10.6. The third-order valence-corrected chi connectivity index (χ3v) is 3.55. The first-order chi connectivity index (χ1) is 6.65. The fourth-order valence-electron chi connectivity index (χ4n) is 0.877. The molecule has 0 amide bonds. The van der Waals surface area contributed by atoms with Gasteiger partial charge in [0.05, 0.1) is 5.75 Å². The predicted molar refractivity (Wildman–Crippen MR) is 63.2 cm³/mol. The number of hydrogen-bond donors (Lipinski definition) is 0. The highest BCUT2D eigenvalue weighted by Gasteiger charge is 2.06. The Bertz CT molecular complexity index is 295. The van der Waals surface area contributed by atoms with Crippen molar-refractivity contribution in [3.05, 3.63) is 21.7 Å². The van der Waals surface area contributed by atoms with Crippen molar-refractivity contribution in [2.75, 3.05) is 5.75 Å². The van der Waals surface area contributed by atoms with Gasteiger partial charge in [0.15, 0.2) is 0 Å². The summed E-state index contributed by atoms with van der Waals surface area (Å²) in [6.07, 6.45) is 1.15. The molecule has 14 heavy (non-hydrogen) atoms. The maximum Gasteiger partial charge on any atom is 0.141 e. The van der Waals surface area contributed by atoms with Crippen LogP contribution in [0.1, 0.15) is 24.7 Å². The molecule has 1 aromatic heterocycles. The van der Waals surface area contributed by atoms with Crippen LogP contribution in [0, 0.1) is 6.92 Å². The summed E-state index contributed by atoms with van der Waals surface area (Å²) in [5.41, 5.74) is 0.748. The van der Waals surface area contributed by atoms with Gasteiger partial charge in [-0.05, 0) is 19.1 Å². The summed E-state index contributed by atoms with van der Waals surface area (Å²) >= 11 is 13.6. The van der Waals surface area contributed by atoms with E-state index in [-0.39, 0.29) is 0 Å². The molecule has 0 aliphatic rings. The quantitative estimate of drug-likeness (QED) is 0.602. The molecule has 0 unspecified atom stereocenters. The van der Waals surface area contributed by atoms with Gasteiger partial charge < -0.3 is 0 Å². The first kappa shape index (κ1) is 12.1. The summed E-state index contributed by atoms with van der Waals surface area (Å²) in [4.78, 5) is 8.31. The second-order valence-electron chi connectivity index (χ2n) is 2.90. The maximum atomic E-state index is 5.89. The van der Waals surface area contributed by atoms with E-state index in [4.69, 9.17) is 23.2 Å². The van der Waals surface area contributed by atoms with Gasteiger partial charge in [0, 0.05) is 5.56 Å². The predicted octanol–water partition coefficient (Wildman–Crippen LogP) is 3.74. The summed E-state index contributed by atoms with van der Waals surface area (Å²) in [5.74, 6) is 2.59. The van der Waals surface area contributed by atoms with E-state index in [0.717, 1.165) is 23.5 Å². The van der Waals surface area contributed by atoms with Gasteiger partial charge in [0.25, 0.3) is 0 Å². The summed E-state index contributed by atoms with van der Waals surface area (Å²) in [5, 5.41) is 0.911. The molecule has 0 aliphatic carbocycles. The number of thioether (sulfide) groups is 1. The molecule has 78 valence electrons. The Kier molecular flexibility index (Phi) is 4.99. The molecule has 1 heterocycles. The molecule has 0 saturated heterocycles. The fraction of sp³-hybridized carbons (Fsp3) is 0.556. The number of halogens is 2. The minimum absolute atomic E-state index is 0.456. The van der Waals surface area contributed by atoms with Gasteiger partial charge in [-0.1, -0.05) is 30.1 Å². The first-order valence-electron chi connectivity index (χ1n) is 4.41. The van der Waals surface area contributed by atoms with Gasteiger partial charge in [-0.15, -0.1) is 0 Å². The average molecular weight is 251 g/mol. The second-order valence-corrected chi connectivity index (χ2v) is 4.72. The lowest BCUT2D eigenvalue weighted by atomic mass is 10.4. The Balaban J connectivity index is 2.69. The lowest BCUT2D eigenvalue weighted by molar-refractivity contribution is 1.01. The Morgan fingerprint density at radius 2 is 1.79 bits per heavy atom. The largest absolute Gasteiger partial charge is 0.220 e. The van der Waals surface area contributed by atoms with Crippen molar-refractivity contribution in [2.45, 2.75) is 26.0 Å². The van der Waals surface area contributed by atoms with Gasteiger partial charge >= 0.3 is 0 Å². The molecule has 0 atom stereocenters. The fourth-order valence-corrected chi connectivity index (χ4v) is 2.04. The molecule has 0 bridgehead atoms. The Hall–Kier alpha value is 0.01000. The normalized spacial score (nSPS) is 10.6. The molecule has 0 fully saturated rings. The van der Waals surface area contributed by atoms with Crippen LogP contribution < -0.4 is 0 Å². The molecule has 0 saturated carbocycles. The summed E-state index contributed by atoms with van der Waals surface area (Å²) < 4.78 is 0. The monoisotopic (exact) mass is 250 g/mol. The lowest BCUT2D eigenvalue weighted by Crippen LogP contribution is -1.97. The average Bonchev–Trinajstić information content (AvgIpc) is 2.14. The van der Waals surface area contributed by atoms with Crippen LogP contribution in [0.2, 0.25) is 10.3 Å². The van der Waals surface area contributed by atoms with Crippen LogP contribution >= 0.6 is 35.0 Å². The topological polar surface area (TPSA) is 25.8 Å². The van der Waals surface area contributed by atoms with Crippen molar-refractivity contribution in [3.63, 3.8) is 0 Å². The van der Waals surface area contributed by atoms with E-state index in [2.05, 4.69) is 16.9 Å². The van der Waals surface area contributed by atoms with Gasteiger partial charge in [0.2, 0.25) is 0 Å². The maximum absolute atomic E-state index is 5.89. The van der Waals surface area contributed by atoms with Crippen LogP contribution in [-0.4, -0.2) is 15.7 Å². The van der Waals surface area contributed by atoms with E-state index >= 15 is 0 Å². The molecule has 0 aliphatic heterocycles. The zero-order valence-electron chi connectivity index (χ0n) is 8.18. The Labute approximate surface area is 98.4 Å². The summed E-state index contributed by atoms with van der Waals surface area (Å²) in [6, 6.07) is 0. The highest BCUT2D eigenvalue weighted by atomic mass is 35.5. The van der Waals surface area contributed by atoms with Crippen molar-refractivity contribution in [3.8, 4) is 0 Å². The summed E-state index contributed by atoms with van der Waals surface area (Å²) in [6.45, 7) is 3.95. The van der Waals surface area contributed by atoms with Gasteiger partial charge in [-0.25, -0.2) is 9.97 Å². The van der Waals surface area contributed by atoms with E-state index in [0.29, 0.717) is 16.1 Å². The molecule has 0 radical (unpaired) electrons. The van der Waals surface area contributed by atoms with Crippen molar-refractivity contribution in [2.24, 2.45) is 0 Å². The zero-order valence-corrected chi connectivity index (χ0v) is 10.5. The van der Waals surface area contributed by atoms with E-state index in [9.17, 15) is 0 Å². The van der Waals surface area contributed by atoms with Crippen molar-refractivity contribution in [1.29, 1.82) is 0 Å². The molecule has 0 aromatic carbocycles. The molecule has 0 N–H and O–H groups in total. The number of hydrogen-bond acceptors (Lipinski definition) is 3. The minimum Gasteiger partial charge on any atom is -0.220 e. The number of nitrogens with zero attached hydrogens (tertiary/aromatic N) is 2. The third-order valence-electron chi connectivity index (χ3n) is 1.65. The van der Waals surface area contributed by atoms with Crippen molar-refractivity contribution >= 4 is 35.0 Å². The molecular weight excluding hydrogens is 239 g/mol. The van der Waals surface area contributed by atoms with E-state index < -0.39 is 0 Å². The standard InChI is InChI=1S/C9H12Cl2N2S/c1-3-4-14-5-7-12-8(10)6(2)9(11)13-7/h3-5H2,1-2H3. The highest BCUT2D eigenvalue weighted by molar-refractivity contribution is 7.98. The molecule has 5 heteroatoms. The van der Waals surface area contributed by atoms with Crippen LogP contribution in [0.5, 0.6) is 0 Å². The second kappa shape index (κ2) is 5.79. The van der Waals surface area contributed by atoms with E-state index in [1.54, 1.807) is 11.8 Å². The van der Waals surface area contributed by atoms with Crippen molar-refractivity contribution in [1.82, 2.24) is 9.97 Å². The van der Waals surface area contributed by atoms with Gasteiger partial charge in [-0.2, -0.15) is 11.8 Å². The Morgan fingerprint density at radius 1 is 1.21 bits per heavy atom. The van der Waals surface area contributed by atoms with Crippen LogP contribution in [-0.2, 0) is 5.75 Å². The lowest BCUT2D eigenvalue weighted by Gasteiger charge is -2.03. The van der Waals surface area contributed by atoms with Gasteiger partial charge in [0.1, 0.15) is 16.1 Å². The van der Waals surface area contributed by atoms with Crippen molar-refractivity contribution < 1.29 is 0 Å². The molecule has 0 spiro atoms. The van der Waals surface area contributed by atoms with Crippen LogP contribution in [0.25, 0.3) is 0 Å². The molecule has 1 aromatic rings. The SMILES string of the molecule is CCCSCc1nc(Cl)c(C)c(Cl)n1. The smallest absolute Gasteiger partial charge is 0.141 e. The van der Waals surface area contributed by atoms with E-state index in [1.807, 2.05) is 6.92 Å². The third kappa shape index (κ3) is 3.30. The van der Waals surface area contributed by atoms with Crippen LogP contribution in [0.4, 0.5) is 0 Å².